The van der Waals surface area contributed by atoms with Gasteiger partial charge in [-0.3, -0.25) is 0 Å². The summed E-state index contributed by atoms with van der Waals surface area (Å²) in [4.78, 5) is 4.66. The number of fused-ring (bicyclic) bond motifs is 1. The van der Waals surface area contributed by atoms with Crippen molar-refractivity contribution in [1.82, 2.24) is 4.98 Å². The van der Waals surface area contributed by atoms with Crippen LogP contribution in [0.1, 0.15) is 5.56 Å². The Balaban J connectivity index is 2.23. The van der Waals surface area contributed by atoms with Gasteiger partial charge in [-0.25, -0.2) is 4.98 Å². The number of para-hydroxylation sites is 1. The minimum atomic E-state index is 1.06. The quantitative estimate of drug-likeness (QED) is 0.634. The summed E-state index contributed by atoms with van der Waals surface area (Å²) in [6.07, 6.45) is 1.88. The van der Waals surface area contributed by atoms with Gasteiger partial charge in [0.15, 0.2) is 0 Å². The minimum Gasteiger partial charge on any atom is -0.236 e. The van der Waals surface area contributed by atoms with Gasteiger partial charge in [0.05, 0.1) is 10.2 Å². The number of nitrogens with zero attached hydrogens (tertiary/aromatic N) is 1. The van der Waals surface area contributed by atoms with E-state index in [-0.39, 0.29) is 0 Å². The van der Waals surface area contributed by atoms with Gasteiger partial charge < -0.3 is 0 Å². The van der Waals surface area contributed by atoms with E-state index in [1.165, 1.54) is 4.70 Å². The Morgan fingerprint density at radius 3 is 2.59 bits per heavy atom. The molecular formula is C15H11NS. The molecule has 0 saturated heterocycles. The molecule has 1 heterocycles. The molecule has 1 nitrogen and oxygen atoms in total. The molecule has 0 atom stereocenters. The molecule has 3 rings (SSSR count). The van der Waals surface area contributed by atoms with Crippen LogP contribution in [0.25, 0.3) is 26.9 Å². The van der Waals surface area contributed by atoms with Gasteiger partial charge in [-0.15, -0.1) is 11.3 Å². The molecule has 3 aromatic rings. The first kappa shape index (κ1) is 10.2. The van der Waals surface area contributed by atoms with Crippen molar-refractivity contribution in [2.75, 3.05) is 0 Å². The summed E-state index contributed by atoms with van der Waals surface area (Å²) in [7, 11) is 0. The van der Waals surface area contributed by atoms with E-state index in [9.17, 15) is 0 Å². The van der Waals surface area contributed by atoms with Gasteiger partial charge in [0.2, 0.25) is 0 Å². The summed E-state index contributed by atoms with van der Waals surface area (Å²) >= 11 is 1.72. The highest BCUT2D eigenvalue weighted by atomic mass is 32.1. The van der Waals surface area contributed by atoms with Gasteiger partial charge in [0.1, 0.15) is 5.01 Å². The molecule has 0 N–H and O–H groups in total. The van der Waals surface area contributed by atoms with Crippen molar-refractivity contribution >= 4 is 27.6 Å². The fraction of sp³-hybridized carbons (Fsp3) is 0. The normalized spacial score (nSPS) is 10.6. The van der Waals surface area contributed by atoms with Crippen molar-refractivity contribution in [2.45, 2.75) is 0 Å². The first-order valence-electron chi connectivity index (χ1n) is 5.46. The summed E-state index contributed by atoms with van der Waals surface area (Å²) in [6, 6.07) is 16.4. The standard InChI is InChI=1S/C15H11NS/c1-2-11-7-3-4-8-12(11)15-16-13-9-5-6-10-14(13)17-15/h2-10H,1H2. The summed E-state index contributed by atoms with van der Waals surface area (Å²) in [6.45, 7) is 3.85. The number of aromatic nitrogens is 1. The summed E-state index contributed by atoms with van der Waals surface area (Å²) in [5, 5.41) is 1.06. The molecular weight excluding hydrogens is 226 g/mol. The van der Waals surface area contributed by atoms with Crippen LogP contribution in [0.4, 0.5) is 0 Å². The number of rotatable bonds is 2. The summed E-state index contributed by atoms with van der Waals surface area (Å²) in [5.74, 6) is 0. The predicted molar refractivity (Wildman–Crippen MR) is 75.1 cm³/mol. The number of benzene rings is 2. The van der Waals surface area contributed by atoms with E-state index < -0.39 is 0 Å². The minimum absolute atomic E-state index is 1.06. The highest BCUT2D eigenvalue weighted by molar-refractivity contribution is 7.21. The lowest BCUT2D eigenvalue weighted by atomic mass is 10.1. The zero-order chi connectivity index (χ0) is 11.7. The van der Waals surface area contributed by atoms with Crippen LogP contribution in [0.3, 0.4) is 0 Å². The van der Waals surface area contributed by atoms with Gasteiger partial charge >= 0.3 is 0 Å². The molecule has 0 bridgehead atoms. The fourth-order valence-corrected chi connectivity index (χ4v) is 2.87. The van der Waals surface area contributed by atoms with Crippen molar-refractivity contribution in [3.8, 4) is 10.6 Å². The lowest BCUT2D eigenvalue weighted by Gasteiger charge is -2.00. The van der Waals surface area contributed by atoms with Gasteiger partial charge in [0, 0.05) is 5.56 Å². The first-order valence-corrected chi connectivity index (χ1v) is 6.27. The molecule has 0 aliphatic carbocycles. The van der Waals surface area contributed by atoms with Crippen LogP contribution in [-0.2, 0) is 0 Å². The van der Waals surface area contributed by atoms with Crippen molar-refractivity contribution in [2.24, 2.45) is 0 Å². The lowest BCUT2D eigenvalue weighted by Crippen LogP contribution is -1.80. The molecule has 2 aromatic carbocycles. The summed E-state index contributed by atoms with van der Waals surface area (Å²) < 4.78 is 1.22. The van der Waals surface area contributed by atoms with E-state index in [0.29, 0.717) is 0 Å². The van der Waals surface area contributed by atoms with Crippen LogP contribution in [0, 0.1) is 0 Å². The summed E-state index contributed by atoms with van der Waals surface area (Å²) in [5.41, 5.74) is 3.35. The molecule has 0 fully saturated rings. The van der Waals surface area contributed by atoms with Crippen molar-refractivity contribution in [1.29, 1.82) is 0 Å². The second kappa shape index (κ2) is 4.15. The van der Waals surface area contributed by atoms with E-state index in [1.807, 2.05) is 36.4 Å². The van der Waals surface area contributed by atoms with E-state index in [1.54, 1.807) is 11.3 Å². The molecule has 0 aliphatic heterocycles. The Hall–Kier alpha value is -1.93. The molecule has 0 saturated carbocycles. The molecule has 1 aromatic heterocycles. The Bertz CT molecular complexity index is 649. The molecule has 0 unspecified atom stereocenters. The Morgan fingerprint density at radius 2 is 1.76 bits per heavy atom. The van der Waals surface area contributed by atoms with Gasteiger partial charge in [-0.2, -0.15) is 0 Å². The van der Waals surface area contributed by atoms with Crippen LogP contribution in [-0.4, -0.2) is 4.98 Å². The Labute approximate surface area is 104 Å². The molecule has 0 amide bonds. The molecule has 17 heavy (non-hydrogen) atoms. The maximum absolute atomic E-state index is 4.66. The number of hydrogen-bond acceptors (Lipinski definition) is 2. The third kappa shape index (κ3) is 1.77. The van der Waals surface area contributed by atoms with Crippen molar-refractivity contribution in [3.05, 3.63) is 60.7 Å². The van der Waals surface area contributed by atoms with Gasteiger partial charge in [0.25, 0.3) is 0 Å². The van der Waals surface area contributed by atoms with Crippen LogP contribution in [0.2, 0.25) is 0 Å². The predicted octanol–water partition coefficient (Wildman–Crippen LogP) is 4.61. The Kier molecular flexibility index (Phi) is 2.50. The highest BCUT2D eigenvalue weighted by Crippen LogP contribution is 2.32. The topological polar surface area (TPSA) is 12.9 Å². The van der Waals surface area contributed by atoms with Crippen LogP contribution >= 0.6 is 11.3 Å². The smallest absolute Gasteiger partial charge is 0.125 e. The van der Waals surface area contributed by atoms with Crippen LogP contribution < -0.4 is 0 Å². The highest BCUT2D eigenvalue weighted by Gasteiger charge is 2.07. The zero-order valence-corrected chi connectivity index (χ0v) is 10.1. The SMILES string of the molecule is C=Cc1ccccc1-c1nc2ccccc2s1. The van der Waals surface area contributed by atoms with Gasteiger partial charge in [-0.1, -0.05) is 49.1 Å². The largest absolute Gasteiger partial charge is 0.236 e. The monoisotopic (exact) mass is 237 g/mol. The fourth-order valence-electron chi connectivity index (χ4n) is 1.86. The number of thiazole rings is 1. The average molecular weight is 237 g/mol. The van der Waals surface area contributed by atoms with Gasteiger partial charge in [-0.05, 0) is 17.7 Å². The lowest BCUT2D eigenvalue weighted by molar-refractivity contribution is 1.47. The average Bonchev–Trinajstić information content (AvgIpc) is 2.82. The second-order valence-corrected chi connectivity index (χ2v) is 4.81. The van der Waals surface area contributed by atoms with E-state index >= 15 is 0 Å². The zero-order valence-electron chi connectivity index (χ0n) is 9.26. The second-order valence-electron chi connectivity index (χ2n) is 3.78. The third-order valence-corrected chi connectivity index (χ3v) is 3.77. The maximum atomic E-state index is 4.66. The van der Waals surface area contributed by atoms with Crippen molar-refractivity contribution < 1.29 is 0 Å². The van der Waals surface area contributed by atoms with E-state index in [4.69, 9.17) is 0 Å². The molecule has 0 spiro atoms. The molecule has 82 valence electrons. The molecule has 0 radical (unpaired) electrons. The van der Waals surface area contributed by atoms with Crippen molar-refractivity contribution in [3.63, 3.8) is 0 Å². The van der Waals surface area contributed by atoms with E-state index in [2.05, 4.69) is 29.8 Å². The first-order chi connectivity index (χ1) is 8.38. The molecule has 0 aliphatic rings. The van der Waals surface area contributed by atoms with Crippen LogP contribution in [0.15, 0.2) is 55.1 Å². The van der Waals surface area contributed by atoms with E-state index in [0.717, 1.165) is 21.7 Å². The maximum Gasteiger partial charge on any atom is 0.125 e. The number of hydrogen-bond donors (Lipinski definition) is 0. The third-order valence-electron chi connectivity index (χ3n) is 2.70. The Morgan fingerprint density at radius 1 is 1.00 bits per heavy atom. The van der Waals surface area contributed by atoms with Crippen LogP contribution in [0.5, 0.6) is 0 Å². The molecule has 2 heteroatoms.